The van der Waals surface area contributed by atoms with Crippen LogP contribution in [0.3, 0.4) is 0 Å². The van der Waals surface area contributed by atoms with Crippen molar-refractivity contribution in [3.63, 3.8) is 0 Å². The maximum absolute atomic E-state index is 10.2. The van der Waals surface area contributed by atoms with E-state index in [4.69, 9.17) is 14.2 Å². The molecule has 0 spiro atoms. The van der Waals surface area contributed by atoms with Gasteiger partial charge in [0.25, 0.3) is 0 Å². The molecule has 2 atom stereocenters. The van der Waals surface area contributed by atoms with Crippen LogP contribution in [0.2, 0.25) is 0 Å². The van der Waals surface area contributed by atoms with Gasteiger partial charge in [-0.1, -0.05) is 12.2 Å². The Morgan fingerprint density at radius 1 is 0.783 bits per heavy atom. The van der Waals surface area contributed by atoms with Gasteiger partial charge in [0.15, 0.2) is 12.6 Å². The van der Waals surface area contributed by atoms with Crippen molar-refractivity contribution in [2.75, 3.05) is 13.2 Å². The van der Waals surface area contributed by atoms with E-state index in [2.05, 4.69) is 0 Å². The first-order valence-corrected chi connectivity index (χ1v) is 8.37. The fraction of sp³-hybridized carbons (Fsp3) is 0.667. The summed E-state index contributed by atoms with van der Waals surface area (Å²) in [5.41, 5.74) is 0. The quantitative estimate of drug-likeness (QED) is 0.188. The molecule has 0 aromatic heterocycles. The lowest BCUT2D eigenvalue weighted by atomic mass is 10.2. The molecule has 0 rings (SSSR count). The topological polar surface area (TPSA) is 61.8 Å². The first kappa shape index (κ1) is 21.7. The maximum atomic E-state index is 10.2. The van der Waals surface area contributed by atoms with E-state index in [9.17, 15) is 9.59 Å². The second-order valence-corrected chi connectivity index (χ2v) is 4.90. The predicted molar refractivity (Wildman–Crippen MR) is 90.0 cm³/mol. The molecule has 0 fully saturated rings. The third-order valence-corrected chi connectivity index (χ3v) is 3.06. The number of allylic oxidation sites excluding steroid dienone is 4. The van der Waals surface area contributed by atoms with Crippen LogP contribution >= 0.6 is 0 Å². The van der Waals surface area contributed by atoms with Gasteiger partial charge in [0.1, 0.15) is 12.6 Å². The van der Waals surface area contributed by atoms with Crippen molar-refractivity contribution in [3.05, 3.63) is 24.3 Å². The number of unbranched alkanes of at least 4 members (excludes halogenated alkanes) is 2. The number of aldehydes is 2. The molecule has 0 radical (unpaired) electrons. The summed E-state index contributed by atoms with van der Waals surface area (Å²) in [6, 6.07) is 0. The average molecular weight is 326 g/mol. The Morgan fingerprint density at radius 3 is 1.57 bits per heavy atom. The van der Waals surface area contributed by atoms with Crippen LogP contribution < -0.4 is 0 Å². The normalized spacial score (nSPS) is 14.3. The number of hydrogen-bond donors (Lipinski definition) is 0. The molecule has 2 unspecified atom stereocenters. The van der Waals surface area contributed by atoms with Gasteiger partial charge in [0.05, 0.1) is 0 Å². The lowest BCUT2D eigenvalue weighted by Gasteiger charge is -2.24. The fourth-order valence-electron chi connectivity index (χ4n) is 2.03. The Kier molecular flexibility index (Phi) is 16.1. The van der Waals surface area contributed by atoms with E-state index in [0.29, 0.717) is 13.2 Å². The Hall–Kier alpha value is -1.30. The summed E-state index contributed by atoms with van der Waals surface area (Å²) in [6.45, 7) is 5.02. The van der Waals surface area contributed by atoms with Crippen molar-refractivity contribution >= 4 is 12.6 Å². The monoisotopic (exact) mass is 326 g/mol. The molecule has 0 bridgehead atoms. The van der Waals surface area contributed by atoms with Crippen LogP contribution in [0.25, 0.3) is 0 Å². The van der Waals surface area contributed by atoms with Gasteiger partial charge in [-0.2, -0.15) is 0 Å². The second-order valence-electron chi connectivity index (χ2n) is 4.90. The second kappa shape index (κ2) is 17.1. The van der Waals surface area contributed by atoms with Crippen molar-refractivity contribution in [2.24, 2.45) is 0 Å². The van der Waals surface area contributed by atoms with E-state index in [-0.39, 0.29) is 12.6 Å². The van der Waals surface area contributed by atoms with E-state index >= 15 is 0 Å². The van der Waals surface area contributed by atoms with Crippen molar-refractivity contribution in [3.8, 4) is 0 Å². The summed E-state index contributed by atoms with van der Waals surface area (Å²) in [5.74, 6) is 0. The van der Waals surface area contributed by atoms with E-state index < -0.39 is 0 Å². The number of ether oxygens (including phenoxy) is 3. The molecule has 0 aliphatic rings. The highest BCUT2D eigenvalue weighted by molar-refractivity contribution is 5.64. The van der Waals surface area contributed by atoms with Crippen molar-refractivity contribution in [1.82, 2.24) is 0 Å². The summed E-state index contributed by atoms with van der Waals surface area (Å²) in [5, 5.41) is 0. The molecular formula is C18H30O5. The van der Waals surface area contributed by atoms with Crippen molar-refractivity contribution < 1.29 is 23.8 Å². The van der Waals surface area contributed by atoms with Gasteiger partial charge in [-0.3, -0.25) is 9.59 Å². The molecule has 0 aliphatic heterocycles. The Balaban J connectivity index is 4.21. The smallest absolute Gasteiger partial charge is 0.160 e. The van der Waals surface area contributed by atoms with Gasteiger partial charge in [-0.05, 0) is 64.5 Å². The van der Waals surface area contributed by atoms with Gasteiger partial charge in [-0.25, -0.2) is 0 Å². The minimum absolute atomic E-state index is 0.299. The molecule has 0 aromatic carbocycles. The molecule has 0 heterocycles. The summed E-state index contributed by atoms with van der Waals surface area (Å²) in [7, 11) is 0. The zero-order chi connectivity index (χ0) is 17.2. The third-order valence-electron chi connectivity index (χ3n) is 3.06. The third kappa shape index (κ3) is 14.0. The lowest BCUT2D eigenvalue weighted by Crippen LogP contribution is -2.27. The molecule has 0 aromatic rings. The zero-order valence-electron chi connectivity index (χ0n) is 14.3. The largest absolute Gasteiger partial charge is 0.353 e. The number of carbonyl (C=O) groups excluding carboxylic acids is 2. The average Bonchev–Trinajstić information content (AvgIpc) is 2.54. The zero-order valence-corrected chi connectivity index (χ0v) is 14.3. The van der Waals surface area contributed by atoms with Crippen LogP contribution in [0.4, 0.5) is 0 Å². The SMILES string of the molecule is CCOC(CCCC=CC=O)OC(CCCC=CC=O)OCC. The molecule has 0 saturated heterocycles. The maximum Gasteiger partial charge on any atom is 0.160 e. The minimum Gasteiger partial charge on any atom is -0.353 e. The molecule has 0 N–H and O–H groups in total. The van der Waals surface area contributed by atoms with Crippen molar-refractivity contribution in [1.29, 1.82) is 0 Å². The number of rotatable bonds is 16. The van der Waals surface area contributed by atoms with Gasteiger partial charge < -0.3 is 14.2 Å². The lowest BCUT2D eigenvalue weighted by molar-refractivity contribution is -0.247. The highest BCUT2D eigenvalue weighted by Crippen LogP contribution is 2.15. The van der Waals surface area contributed by atoms with Gasteiger partial charge in [-0.15, -0.1) is 0 Å². The van der Waals surface area contributed by atoms with Crippen LogP contribution in [-0.2, 0) is 23.8 Å². The van der Waals surface area contributed by atoms with Crippen molar-refractivity contribution in [2.45, 2.75) is 65.0 Å². The Bertz CT molecular complexity index is 306. The Labute approximate surface area is 139 Å². The number of carbonyl (C=O) groups is 2. The summed E-state index contributed by atoms with van der Waals surface area (Å²) in [4.78, 5) is 20.4. The van der Waals surface area contributed by atoms with Crippen LogP contribution in [-0.4, -0.2) is 38.4 Å². The first-order chi connectivity index (χ1) is 11.3. The molecule has 132 valence electrons. The first-order valence-electron chi connectivity index (χ1n) is 8.37. The van der Waals surface area contributed by atoms with Gasteiger partial charge >= 0.3 is 0 Å². The highest BCUT2D eigenvalue weighted by atomic mass is 16.8. The van der Waals surface area contributed by atoms with E-state index in [1.807, 2.05) is 26.0 Å². The van der Waals surface area contributed by atoms with Crippen LogP contribution in [0.15, 0.2) is 24.3 Å². The summed E-state index contributed by atoms with van der Waals surface area (Å²) >= 11 is 0. The minimum atomic E-state index is -0.299. The standard InChI is InChI=1S/C18H30O5/c1-3-21-17(13-9-5-7-11-15-19)23-18(22-4-2)14-10-6-8-12-16-20/h7-8,11-12,15-18H,3-6,9-10,13-14H2,1-2H3. The summed E-state index contributed by atoms with van der Waals surface area (Å²) < 4.78 is 17.1. The van der Waals surface area contributed by atoms with E-state index in [1.165, 1.54) is 12.2 Å². The number of hydrogen-bond acceptors (Lipinski definition) is 5. The van der Waals surface area contributed by atoms with Gasteiger partial charge in [0.2, 0.25) is 0 Å². The molecular weight excluding hydrogens is 296 g/mol. The van der Waals surface area contributed by atoms with Gasteiger partial charge in [0, 0.05) is 13.2 Å². The molecule has 0 amide bonds. The molecule has 5 nitrogen and oxygen atoms in total. The predicted octanol–water partition coefficient (Wildman–Crippen LogP) is 3.58. The molecule has 0 saturated carbocycles. The van der Waals surface area contributed by atoms with E-state index in [1.54, 1.807) is 0 Å². The highest BCUT2D eigenvalue weighted by Gasteiger charge is 2.16. The van der Waals surface area contributed by atoms with Crippen LogP contribution in [0.1, 0.15) is 52.4 Å². The van der Waals surface area contributed by atoms with E-state index in [0.717, 1.165) is 51.1 Å². The van der Waals surface area contributed by atoms with Crippen LogP contribution in [0, 0.1) is 0 Å². The molecule has 0 aliphatic carbocycles. The molecule has 23 heavy (non-hydrogen) atoms. The van der Waals surface area contributed by atoms with Crippen LogP contribution in [0.5, 0.6) is 0 Å². The summed E-state index contributed by atoms with van der Waals surface area (Å²) in [6.07, 6.45) is 12.6. The Morgan fingerprint density at radius 2 is 1.22 bits per heavy atom. The fourth-order valence-corrected chi connectivity index (χ4v) is 2.03. The molecule has 5 heteroatoms.